The molecule has 0 aromatic rings. The van der Waals surface area contributed by atoms with Crippen molar-refractivity contribution in [2.45, 2.75) is 270 Å². The molecule has 60 heavy (non-hydrogen) atoms. The fourth-order valence-electron chi connectivity index (χ4n) is 7.52. The molecule has 6 heteroatoms. The molecule has 0 spiro atoms. The summed E-state index contributed by atoms with van der Waals surface area (Å²) in [5.41, 5.74) is 0. The highest BCUT2D eigenvalue weighted by atomic mass is 16.5. The monoisotopic (exact) mass is 842 g/mol. The Bertz CT molecular complexity index is 1020. The summed E-state index contributed by atoms with van der Waals surface area (Å²) in [6.07, 6.45) is 61.2. The summed E-state index contributed by atoms with van der Waals surface area (Å²) in [7, 11) is 0. The SMILES string of the molecule is CCCC/C=C\C/C=C\CCCCCCCC(=O)OCCCCCCCCCC/C=C\CCCCCCCCCC(=O)NC(CO)C(O)/C=C/CCCCCCCCCC. The Morgan fingerprint density at radius 3 is 1.33 bits per heavy atom. The number of ether oxygens (including phenoxy) is 1. The molecule has 2 unspecified atom stereocenters. The average molecular weight is 842 g/mol. The van der Waals surface area contributed by atoms with E-state index < -0.39 is 12.1 Å². The highest BCUT2D eigenvalue weighted by molar-refractivity contribution is 5.76. The Hall–Kier alpha value is -2.18. The van der Waals surface area contributed by atoms with Crippen molar-refractivity contribution < 1.29 is 24.5 Å². The van der Waals surface area contributed by atoms with Gasteiger partial charge in [0.15, 0.2) is 0 Å². The Morgan fingerprint density at radius 2 is 0.850 bits per heavy atom. The molecule has 0 aromatic heterocycles. The molecule has 0 bridgehead atoms. The number of amides is 1. The number of carbonyl (C=O) groups excluding carboxylic acids is 2. The molecule has 0 heterocycles. The standard InChI is InChI=1S/C54H99NO5/c1-3-5-7-9-11-13-15-16-25-28-32-36-40-44-48-54(59)60-49-45-41-37-33-29-26-23-21-19-17-18-20-22-24-27-31-35-39-43-47-53(58)55-51(50-56)52(57)46-42-38-34-30-14-12-10-8-6-4-2/h9,11,15-18,42,46,51-52,56-57H,3-8,10,12-14,19-41,43-45,47-50H2,1-2H3,(H,55,58)/b11-9-,16-15-,18-17-,46-42+. The Balaban J connectivity index is 3.46. The number of esters is 1. The van der Waals surface area contributed by atoms with E-state index in [1.807, 2.05) is 6.08 Å². The summed E-state index contributed by atoms with van der Waals surface area (Å²) >= 11 is 0. The van der Waals surface area contributed by atoms with E-state index in [1.54, 1.807) is 6.08 Å². The maximum Gasteiger partial charge on any atom is 0.305 e. The molecule has 0 saturated carbocycles. The number of hydrogen-bond donors (Lipinski definition) is 3. The van der Waals surface area contributed by atoms with Crippen LogP contribution in [-0.2, 0) is 14.3 Å². The van der Waals surface area contributed by atoms with Gasteiger partial charge in [-0.1, -0.05) is 210 Å². The van der Waals surface area contributed by atoms with Gasteiger partial charge in [0.1, 0.15) is 0 Å². The van der Waals surface area contributed by atoms with Crippen LogP contribution in [0.5, 0.6) is 0 Å². The molecule has 2 atom stereocenters. The highest BCUT2D eigenvalue weighted by Crippen LogP contribution is 2.14. The first-order chi connectivity index (χ1) is 29.5. The summed E-state index contributed by atoms with van der Waals surface area (Å²) < 4.78 is 5.45. The maximum atomic E-state index is 12.4. The van der Waals surface area contributed by atoms with Crippen LogP contribution in [0.4, 0.5) is 0 Å². The molecule has 0 aliphatic carbocycles. The Morgan fingerprint density at radius 1 is 0.467 bits per heavy atom. The van der Waals surface area contributed by atoms with Crippen LogP contribution < -0.4 is 5.32 Å². The minimum Gasteiger partial charge on any atom is -0.466 e. The lowest BCUT2D eigenvalue weighted by Gasteiger charge is -2.20. The lowest BCUT2D eigenvalue weighted by atomic mass is 10.1. The van der Waals surface area contributed by atoms with Crippen LogP contribution in [-0.4, -0.2) is 47.4 Å². The molecule has 0 rings (SSSR count). The maximum absolute atomic E-state index is 12.4. The van der Waals surface area contributed by atoms with Crippen LogP contribution in [0, 0.1) is 0 Å². The van der Waals surface area contributed by atoms with Crippen molar-refractivity contribution >= 4 is 11.9 Å². The minimum atomic E-state index is -0.849. The third-order valence-electron chi connectivity index (χ3n) is 11.6. The third kappa shape index (κ3) is 45.3. The summed E-state index contributed by atoms with van der Waals surface area (Å²) in [6.45, 7) is 4.81. The lowest BCUT2D eigenvalue weighted by Crippen LogP contribution is -2.45. The van der Waals surface area contributed by atoms with Crippen molar-refractivity contribution in [1.82, 2.24) is 5.32 Å². The number of allylic oxidation sites excluding steroid dienone is 7. The number of unbranched alkanes of at least 4 members (excludes halogenated alkanes) is 30. The topological polar surface area (TPSA) is 95.9 Å². The predicted molar refractivity (Wildman–Crippen MR) is 259 cm³/mol. The Kier molecular flexibility index (Phi) is 47.7. The van der Waals surface area contributed by atoms with Crippen LogP contribution in [0.2, 0.25) is 0 Å². The van der Waals surface area contributed by atoms with Crippen molar-refractivity contribution in [3.05, 3.63) is 48.6 Å². The zero-order valence-corrected chi connectivity index (χ0v) is 39.7. The lowest BCUT2D eigenvalue weighted by molar-refractivity contribution is -0.143. The van der Waals surface area contributed by atoms with Gasteiger partial charge >= 0.3 is 5.97 Å². The van der Waals surface area contributed by atoms with Gasteiger partial charge in [0.25, 0.3) is 0 Å². The third-order valence-corrected chi connectivity index (χ3v) is 11.6. The van der Waals surface area contributed by atoms with E-state index in [2.05, 4.69) is 55.6 Å². The molecule has 0 radical (unpaired) electrons. The van der Waals surface area contributed by atoms with Gasteiger partial charge in [-0.15, -0.1) is 0 Å². The molecule has 1 amide bonds. The van der Waals surface area contributed by atoms with E-state index in [0.29, 0.717) is 19.4 Å². The summed E-state index contributed by atoms with van der Waals surface area (Å²) in [4.78, 5) is 24.4. The van der Waals surface area contributed by atoms with Gasteiger partial charge in [-0.25, -0.2) is 0 Å². The number of carbonyl (C=O) groups is 2. The van der Waals surface area contributed by atoms with Gasteiger partial charge in [0.05, 0.1) is 25.4 Å². The van der Waals surface area contributed by atoms with Crippen molar-refractivity contribution in [3.63, 3.8) is 0 Å². The van der Waals surface area contributed by atoms with Crippen LogP contribution in [0.15, 0.2) is 48.6 Å². The van der Waals surface area contributed by atoms with Crippen LogP contribution >= 0.6 is 0 Å². The first-order valence-corrected chi connectivity index (χ1v) is 25.9. The Labute approximate surface area is 372 Å². The van der Waals surface area contributed by atoms with Gasteiger partial charge in [-0.05, 0) is 83.5 Å². The van der Waals surface area contributed by atoms with E-state index in [4.69, 9.17) is 4.74 Å². The molecule has 0 fully saturated rings. The zero-order chi connectivity index (χ0) is 43.7. The highest BCUT2D eigenvalue weighted by Gasteiger charge is 2.18. The second-order valence-electron chi connectivity index (χ2n) is 17.5. The van der Waals surface area contributed by atoms with Gasteiger partial charge in [-0.3, -0.25) is 9.59 Å². The number of rotatable bonds is 47. The van der Waals surface area contributed by atoms with Crippen LogP contribution in [0.25, 0.3) is 0 Å². The van der Waals surface area contributed by atoms with Crippen LogP contribution in [0.1, 0.15) is 258 Å². The minimum absolute atomic E-state index is 0.0126. The molecule has 0 aromatic carbocycles. The summed E-state index contributed by atoms with van der Waals surface area (Å²) in [5, 5.41) is 22.9. The van der Waals surface area contributed by atoms with E-state index in [1.165, 1.54) is 167 Å². The van der Waals surface area contributed by atoms with Crippen molar-refractivity contribution in [3.8, 4) is 0 Å². The van der Waals surface area contributed by atoms with E-state index in [0.717, 1.165) is 64.2 Å². The molecule has 0 aliphatic rings. The molecule has 0 aliphatic heterocycles. The average Bonchev–Trinajstić information content (AvgIpc) is 3.25. The van der Waals surface area contributed by atoms with E-state index >= 15 is 0 Å². The number of aliphatic hydroxyl groups is 2. The first-order valence-electron chi connectivity index (χ1n) is 25.9. The van der Waals surface area contributed by atoms with Crippen molar-refractivity contribution in [2.24, 2.45) is 0 Å². The normalized spacial score (nSPS) is 13.1. The molecular weight excluding hydrogens is 743 g/mol. The summed E-state index contributed by atoms with van der Waals surface area (Å²) in [6, 6.07) is -0.634. The number of aliphatic hydroxyl groups excluding tert-OH is 2. The summed E-state index contributed by atoms with van der Waals surface area (Å²) in [5.74, 6) is -0.0939. The van der Waals surface area contributed by atoms with Gasteiger partial charge in [-0.2, -0.15) is 0 Å². The first kappa shape index (κ1) is 57.8. The second kappa shape index (κ2) is 49.5. The van der Waals surface area contributed by atoms with Crippen molar-refractivity contribution in [2.75, 3.05) is 13.2 Å². The van der Waals surface area contributed by atoms with Gasteiger partial charge in [0, 0.05) is 12.8 Å². The molecule has 3 N–H and O–H groups in total. The van der Waals surface area contributed by atoms with E-state index in [9.17, 15) is 19.8 Å². The largest absolute Gasteiger partial charge is 0.466 e. The second-order valence-corrected chi connectivity index (χ2v) is 17.5. The molecular formula is C54H99NO5. The van der Waals surface area contributed by atoms with Crippen molar-refractivity contribution in [1.29, 1.82) is 0 Å². The quantitative estimate of drug-likeness (QED) is 0.0322. The van der Waals surface area contributed by atoms with Crippen LogP contribution in [0.3, 0.4) is 0 Å². The number of nitrogens with one attached hydrogen (secondary N) is 1. The van der Waals surface area contributed by atoms with Gasteiger partial charge in [0.2, 0.25) is 5.91 Å². The fraction of sp³-hybridized carbons (Fsp3) is 0.815. The molecule has 0 saturated heterocycles. The molecule has 6 nitrogen and oxygen atoms in total. The van der Waals surface area contributed by atoms with Gasteiger partial charge < -0.3 is 20.3 Å². The number of hydrogen-bond acceptors (Lipinski definition) is 5. The molecule has 350 valence electrons. The van der Waals surface area contributed by atoms with E-state index in [-0.39, 0.29) is 18.5 Å². The fourth-order valence-corrected chi connectivity index (χ4v) is 7.52. The predicted octanol–water partition coefficient (Wildman–Crippen LogP) is 15.5. The smallest absolute Gasteiger partial charge is 0.305 e. The zero-order valence-electron chi connectivity index (χ0n) is 39.7.